The second kappa shape index (κ2) is 8.47. The van der Waals surface area contributed by atoms with Gasteiger partial charge in [-0.05, 0) is 35.6 Å². The van der Waals surface area contributed by atoms with Gasteiger partial charge in [0.05, 0.1) is 0 Å². The van der Waals surface area contributed by atoms with Crippen LogP contribution in [-0.2, 0) is 11.3 Å². The summed E-state index contributed by atoms with van der Waals surface area (Å²) in [6.45, 7) is 4.53. The number of amides is 1. The molecule has 2 heterocycles. The van der Waals surface area contributed by atoms with Crippen LogP contribution in [-0.4, -0.2) is 41.9 Å². The Hall–Kier alpha value is -1.62. The third kappa shape index (κ3) is 4.69. The molecule has 1 aromatic heterocycles. The molecule has 3 nitrogen and oxygen atoms in total. The molecule has 1 amide bonds. The third-order valence-electron chi connectivity index (χ3n) is 4.17. The first-order valence-electron chi connectivity index (χ1n) is 8.18. The summed E-state index contributed by atoms with van der Waals surface area (Å²) in [6.07, 6.45) is 4.45. The Morgan fingerprint density at radius 1 is 1.12 bits per heavy atom. The minimum atomic E-state index is 0.0629. The first-order chi connectivity index (χ1) is 11.7. The van der Waals surface area contributed by atoms with E-state index in [0.717, 1.165) is 44.7 Å². The number of nitrogens with zero attached hydrogens (tertiary/aromatic N) is 2. The monoisotopic (exact) mass is 360 g/mol. The first kappa shape index (κ1) is 17.2. The van der Waals surface area contributed by atoms with Gasteiger partial charge in [0.25, 0.3) is 0 Å². The lowest BCUT2D eigenvalue weighted by Gasteiger charge is -2.20. The van der Waals surface area contributed by atoms with Gasteiger partial charge in [0.15, 0.2) is 0 Å². The highest BCUT2D eigenvalue weighted by atomic mass is 35.5. The highest BCUT2D eigenvalue weighted by Crippen LogP contribution is 2.17. The number of carbonyl (C=O) groups is 1. The van der Waals surface area contributed by atoms with Crippen molar-refractivity contribution in [3.05, 3.63) is 63.3 Å². The number of halogens is 1. The number of hydrogen-bond acceptors (Lipinski definition) is 3. The average molecular weight is 361 g/mol. The largest absolute Gasteiger partial charge is 0.338 e. The normalized spacial score (nSPS) is 16.5. The molecule has 0 saturated carbocycles. The predicted octanol–water partition coefficient (Wildman–Crippen LogP) is 4.15. The third-order valence-corrected chi connectivity index (χ3v) is 5.38. The van der Waals surface area contributed by atoms with E-state index < -0.39 is 0 Å². The minimum Gasteiger partial charge on any atom is -0.338 e. The maximum atomic E-state index is 12.4. The van der Waals surface area contributed by atoms with E-state index in [4.69, 9.17) is 11.6 Å². The van der Waals surface area contributed by atoms with E-state index in [1.165, 1.54) is 4.88 Å². The van der Waals surface area contributed by atoms with Crippen molar-refractivity contribution in [3.63, 3.8) is 0 Å². The maximum Gasteiger partial charge on any atom is 0.246 e. The lowest BCUT2D eigenvalue weighted by Crippen LogP contribution is -2.33. The molecule has 0 N–H and O–H groups in total. The van der Waals surface area contributed by atoms with Crippen LogP contribution < -0.4 is 0 Å². The topological polar surface area (TPSA) is 23.6 Å². The molecule has 2 aromatic rings. The number of benzene rings is 1. The van der Waals surface area contributed by atoms with E-state index in [0.29, 0.717) is 5.02 Å². The van der Waals surface area contributed by atoms with Crippen LogP contribution in [0.25, 0.3) is 6.08 Å². The fourth-order valence-electron chi connectivity index (χ4n) is 2.85. The average Bonchev–Trinajstić information content (AvgIpc) is 2.98. The standard InChI is InChI=1S/C19H21ClN2OS/c20-18-7-2-1-5-16(18)8-9-19(23)22-11-4-10-21(12-13-22)15-17-6-3-14-24-17/h1-3,5-9,14H,4,10-13,15H2. The summed E-state index contributed by atoms with van der Waals surface area (Å²) in [4.78, 5) is 18.2. The zero-order chi connectivity index (χ0) is 16.8. The zero-order valence-corrected chi connectivity index (χ0v) is 15.1. The summed E-state index contributed by atoms with van der Waals surface area (Å²) < 4.78 is 0. The Labute approximate surface area is 152 Å². The van der Waals surface area contributed by atoms with Crippen molar-refractivity contribution < 1.29 is 4.79 Å². The summed E-state index contributed by atoms with van der Waals surface area (Å²) >= 11 is 7.92. The summed E-state index contributed by atoms with van der Waals surface area (Å²) in [5.41, 5.74) is 0.877. The van der Waals surface area contributed by atoms with Gasteiger partial charge in [0, 0.05) is 48.7 Å². The molecule has 0 radical (unpaired) electrons. The van der Waals surface area contributed by atoms with E-state index in [1.807, 2.05) is 29.2 Å². The molecule has 126 valence electrons. The first-order valence-corrected chi connectivity index (χ1v) is 9.44. The van der Waals surface area contributed by atoms with Gasteiger partial charge in [0.1, 0.15) is 0 Å². The van der Waals surface area contributed by atoms with Crippen molar-refractivity contribution >= 4 is 34.9 Å². The molecule has 1 aliphatic heterocycles. The Kier molecular flexibility index (Phi) is 6.07. The molecule has 0 aliphatic carbocycles. The van der Waals surface area contributed by atoms with Crippen LogP contribution in [0.1, 0.15) is 16.9 Å². The van der Waals surface area contributed by atoms with Gasteiger partial charge < -0.3 is 4.90 Å². The van der Waals surface area contributed by atoms with Gasteiger partial charge in [-0.25, -0.2) is 0 Å². The van der Waals surface area contributed by atoms with Crippen LogP contribution in [0.2, 0.25) is 5.02 Å². The lowest BCUT2D eigenvalue weighted by atomic mass is 10.2. The van der Waals surface area contributed by atoms with Crippen LogP contribution in [0.15, 0.2) is 47.9 Å². The number of hydrogen-bond donors (Lipinski definition) is 0. The molecule has 3 rings (SSSR count). The fraction of sp³-hybridized carbons (Fsp3) is 0.316. The second-order valence-corrected chi connectivity index (χ2v) is 7.33. The molecule has 24 heavy (non-hydrogen) atoms. The second-order valence-electron chi connectivity index (χ2n) is 5.89. The highest BCUT2D eigenvalue weighted by molar-refractivity contribution is 7.09. The molecule has 1 saturated heterocycles. The zero-order valence-electron chi connectivity index (χ0n) is 13.5. The van der Waals surface area contributed by atoms with Crippen LogP contribution >= 0.6 is 22.9 Å². The smallest absolute Gasteiger partial charge is 0.246 e. The van der Waals surface area contributed by atoms with Gasteiger partial charge in [-0.1, -0.05) is 35.9 Å². The molecule has 1 aliphatic rings. The summed E-state index contributed by atoms with van der Waals surface area (Å²) in [5.74, 6) is 0.0629. The Balaban J connectivity index is 1.55. The van der Waals surface area contributed by atoms with E-state index >= 15 is 0 Å². The van der Waals surface area contributed by atoms with Crippen molar-refractivity contribution in [2.24, 2.45) is 0 Å². The van der Waals surface area contributed by atoms with Crippen LogP contribution in [0.4, 0.5) is 0 Å². The number of carbonyl (C=O) groups excluding carboxylic acids is 1. The van der Waals surface area contributed by atoms with Gasteiger partial charge in [0.2, 0.25) is 5.91 Å². The summed E-state index contributed by atoms with van der Waals surface area (Å²) in [6, 6.07) is 11.8. The predicted molar refractivity (Wildman–Crippen MR) is 101 cm³/mol. The summed E-state index contributed by atoms with van der Waals surface area (Å²) in [7, 11) is 0. The van der Waals surface area contributed by atoms with Crippen molar-refractivity contribution in [1.29, 1.82) is 0 Å². The molecule has 5 heteroatoms. The van der Waals surface area contributed by atoms with Gasteiger partial charge >= 0.3 is 0 Å². The molecule has 1 aromatic carbocycles. The number of rotatable bonds is 4. The fourth-order valence-corrected chi connectivity index (χ4v) is 3.79. The Bertz CT molecular complexity index is 699. The van der Waals surface area contributed by atoms with Crippen LogP contribution in [0.5, 0.6) is 0 Å². The van der Waals surface area contributed by atoms with E-state index in [-0.39, 0.29) is 5.91 Å². The quantitative estimate of drug-likeness (QED) is 0.765. The number of thiophene rings is 1. The summed E-state index contributed by atoms with van der Waals surface area (Å²) in [5, 5.41) is 2.78. The Morgan fingerprint density at radius 3 is 2.79 bits per heavy atom. The van der Waals surface area contributed by atoms with Gasteiger partial charge in [-0.3, -0.25) is 9.69 Å². The van der Waals surface area contributed by atoms with Crippen LogP contribution in [0.3, 0.4) is 0 Å². The molecule has 1 fully saturated rings. The van der Waals surface area contributed by atoms with E-state index in [9.17, 15) is 4.79 Å². The SMILES string of the molecule is O=C(C=Cc1ccccc1Cl)N1CCCN(Cc2cccs2)CC1. The van der Waals surface area contributed by atoms with Gasteiger partial charge in [-0.15, -0.1) is 11.3 Å². The van der Waals surface area contributed by atoms with E-state index in [1.54, 1.807) is 23.5 Å². The van der Waals surface area contributed by atoms with Gasteiger partial charge in [-0.2, -0.15) is 0 Å². The lowest BCUT2D eigenvalue weighted by molar-refractivity contribution is -0.125. The molecule has 0 atom stereocenters. The van der Waals surface area contributed by atoms with E-state index in [2.05, 4.69) is 22.4 Å². The van der Waals surface area contributed by atoms with Crippen molar-refractivity contribution in [3.8, 4) is 0 Å². The molecular weight excluding hydrogens is 340 g/mol. The molecule has 0 spiro atoms. The maximum absolute atomic E-state index is 12.4. The highest BCUT2D eigenvalue weighted by Gasteiger charge is 2.17. The molecular formula is C19H21ClN2OS. The van der Waals surface area contributed by atoms with Crippen molar-refractivity contribution in [1.82, 2.24) is 9.80 Å². The van der Waals surface area contributed by atoms with Crippen molar-refractivity contribution in [2.45, 2.75) is 13.0 Å². The molecule has 0 unspecified atom stereocenters. The van der Waals surface area contributed by atoms with Crippen LogP contribution in [0, 0.1) is 0 Å². The Morgan fingerprint density at radius 2 is 2.00 bits per heavy atom. The van der Waals surface area contributed by atoms with Crippen molar-refractivity contribution in [2.75, 3.05) is 26.2 Å². The minimum absolute atomic E-state index is 0.0629. The molecule has 0 bridgehead atoms.